The molecule has 2 N–H and O–H groups in total. The summed E-state index contributed by atoms with van der Waals surface area (Å²) in [4.78, 5) is 13.4. The number of carbonyl (C=O) groups is 1. The van der Waals surface area contributed by atoms with E-state index in [1.165, 1.54) is 0 Å². The summed E-state index contributed by atoms with van der Waals surface area (Å²) in [7, 11) is 0. The molecule has 0 aromatic rings. The standard InChI is InChI=1S/C9H16N2O/c1-9(2)5-7(9)11-4-3-6(10)8(11)12/h6-7H,3-5,10H2,1-2H3. The van der Waals surface area contributed by atoms with Gasteiger partial charge in [0.25, 0.3) is 0 Å². The van der Waals surface area contributed by atoms with Crippen LogP contribution in [0, 0.1) is 5.41 Å². The Kier molecular flexibility index (Phi) is 1.49. The monoisotopic (exact) mass is 168 g/mol. The summed E-state index contributed by atoms with van der Waals surface area (Å²) < 4.78 is 0. The predicted octanol–water partition coefficient (Wildman–Crippen LogP) is 0.345. The van der Waals surface area contributed by atoms with Gasteiger partial charge in [-0.3, -0.25) is 4.79 Å². The van der Waals surface area contributed by atoms with Crippen molar-refractivity contribution in [1.82, 2.24) is 4.90 Å². The molecule has 2 fully saturated rings. The van der Waals surface area contributed by atoms with Crippen molar-refractivity contribution in [1.29, 1.82) is 0 Å². The summed E-state index contributed by atoms with van der Waals surface area (Å²) in [6.07, 6.45) is 1.98. The number of rotatable bonds is 1. The molecule has 1 heterocycles. The van der Waals surface area contributed by atoms with Crippen LogP contribution in [0.3, 0.4) is 0 Å². The Labute approximate surface area is 72.9 Å². The smallest absolute Gasteiger partial charge is 0.239 e. The number of carbonyl (C=O) groups excluding carboxylic acids is 1. The largest absolute Gasteiger partial charge is 0.338 e. The lowest BCUT2D eigenvalue weighted by Gasteiger charge is -2.17. The van der Waals surface area contributed by atoms with Crippen LogP contribution in [0.4, 0.5) is 0 Å². The zero-order chi connectivity index (χ0) is 8.93. The molecule has 2 unspecified atom stereocenters. The van der Waals surface area contributed by atoms with Gasteiger partial charge >= 0.3 is 0 Å². The zero-order valence-corrected chi connectivity index (χ0v) is 7.71. The molecular weight excluding hydrogens is 152 g/mol. The van der Waals surface area contributed by atoms with E-state index in [2.05, 4.69) is 13.8 Å². The number of nitrogens with zero attached hydrogens (tertiary/aromatic N) is 1. The topological polar surface area (TPSA) is 46.3 Å². The first-order valence-electron chi connectivity index (χ1n) is 4.58. The molecule has 1 aliphatic heterocycles. The van der Waals surface area contributed by atoms with Gasteiger partial charge in [-0.25, -0.2) is 0 Å². The van der Waals surface area contributed by atoms with Crippen LogP contribution in [0.2, 0.25) is 0 Å². The summed E-state index contributed by atoms with van der Waals surface area (Å²) in [6.45, 7) is 5.28. The second kappa shape index (κ2) is 2.22. The quantitative estimate of drug-likeness (QED) is 0.614. The van der Waals surface area contributed by atoms with Gasteiger partial charge in [-0.2, -0.15) is 0 Å². The van der Waals surface area contributed by atoms with Crippen LogP contribution in [-0.4, -0.2) is 29.4 Å². The molecule has 2 rings (SSSR count). The van der Waals surface area contributed by atoms with Crippen LogP contribution in [0.25, 0.3) is 0 Å². The number of hydrogen-bond donors (Lipinski definition) is 1. The van der Waals surface area contributed by atoms with Crippen molar-refractivity contribution in [2.24, 2.45) is 11.1 Å². The average Bonchev–Trinajstić information content (AvgIpc) is 2.47. The first-order valence-corrected chi connectivity index (χ1v) is 4.58. The molecule has 0 aromatic carbocycles. The third kappa shape index (κ3) is 1.04. The van der Waals surface area contributed by atoms with Gasteiger partial charge in [0.2, 0.25) is 5.91 Å². The molecule has 3 heteroatoms. The lowest BCUT2D eigenvalue weighted by atomic mass is 10.2. The van der Waals surface area contributed by atoms with Gasteiger partial charge in [-0.05, 0) is 18.3 Å². The van der Waals surface area contributed by atoms with Crippen LogP contribution in [0.1, 0.15) is 26.7 Å². The molecule has 68 valence electrons. The van der Waals surface area contributed by atoms with Crippen molar-refractivity contribution in [3.05, 3.63) is 0 Å². The first kappa shape index (κ1) is 8.05. The fourth-order valence-corrected chi connectivity index (χ4v) is 2.01. The number of amides is 1. The van der Waals surface area contributed by atoms with Gasteiger partial charge in [0.05, 0.1) is 6.04 Å². The maximum atomic E-state index is 11.5. The van der Waals surface area contributed by atoms with Crippen LogP contribution >= 0.6 is 0 Å². The number of likely N-dealkylation sites (tertiary alicyclic amines) is 1. The van der Waals surface area contributed by atoms with Crippen molar-refractivity contribution >= 4 is 5.91 Å². The Morgan fingerprint density at radius 1 is 1.58 bits per heavy atom. The van der Waals surface area contributed by atoms with E-state index >= 15 is 0 Å². The maximum Gasteiger partial charge on any atom is 0.239 e. The highest BCUT2D eigenvalue weighted by atomic mass is 16.2. The minimum atomic E-state index is -0.221. The van der Waals surface area contributed by atoms with Crippen molar-refractivity contribution in [3.63, 3.8) is 0 Å². The molecular formula is C9H16N2O. The molecule has 0 aromatic heterocycles. The Morgan fingerprint density at radius 3 is 2.50 bits per heavy atom. The Morgan fingerprint density at radius 2 is 2.17 bits per heavy atom. The minimum Gasteiger partial charge on any atom is -0.338 e. The van der Waals surface area contributed by atoms with E-state index in [-0.39, 0.29) is 11.9 Å². The maximum absolute atomic E-state index is 11.5. The highest BCUT2D eigenvalue weighted by Crippen LogP contribution is 2.49. The van der Waals surface area contributed by atoms with E-state index in [0.717, 1.165) is 19.4 Å². The lowest BCUT2D eigenvalue weighted by molar-refractivity contribution is -0.129. The third-order valence-electron chi connectivity index (χ3n) is 3.12. The second-order valence-corrected chi connectivity index (χ2v) is 4.64. The fraction of sp³-hybridized carbons (Fsp3) is 0.889. The first-order chi connectivity index (χ1) is 5.52. The zero-order valence-electron chi connectivity index (χ0n) is 7.71. The van der Waals surface area contributed by atoms with Gasteiger partial charge < -0.3 is 10.6 Å². The second-order valence-electron chi connectivity index (χ2n) is 4.64. The highest BCUT2D eigenvalue weighted by molar-refractivity contribution is 5.84. The summed E-state index contributed by atoms with van der Waals surface area (Å²) in [5, 5.41) is 0. The Balaban J connectivity index is 2.04. The van der Waals surface area contributed by atoms with Crippen LogP contribution < -0.4 is 5.73 Å². The van der Waals surface area contributed by atoms with E-state index in [0.29, 0.717) is 11.5 Å². The molecule has 0 bridgehead atoms. The molecule has 1 saturated heterocycles. The van der Waals surface area contributed by atoms with E-state index < -0.39 is 0 Å². The normalized spacial score (nSPS) is 38.9. The van der Waals surface area contributed by atoms with Gasteiger partial charge in [0, 0.05) is 12.6 Å². The Hall–Kier alpha value is -0.570. The van der Waals surface area contributed by atoms with Crippen molar-refractivity contribution < 1.29 is 4.79 Å². The summed E-state index contributed by atoms with van der Waals surface area (Å²) >= 11 is 0. The van der Waals surface area contributed by atoms with E-state index in [1.54, 1.807) is 0 Å². The third-order valence-corrected chi connectivity index (χ3v) is 3.12. The van der Waals surface area contributed by atoms with E-state index in [9.17, 15) is 4.79 Å². The van der Waals surface area contributed by atoms with Crippen molar-refractivity contribution in [3.8, 4) is 0 Å². The minimum absolute atomic E-state index is 0.158. The van der Waals surface area contributed by atoms with E-state index in [1.807, 2.05) is 4.90 Å². The molecule has 2 aliphatic rings. The van der Waals surface area contributed by atoms with Gasteiger partial charge in [0.15, 0.2) is 0 Å². The average molecular weight is 168 g/mol. The highest BCUT2D eigenvalue weighted by Gasteiger charge is 2.52. The van der Waals surface area contributed by atoms with Crippen molar-refractivity contribution in [2.45, 2.75) is 38.8 Å². The molecule has 2 atom stereocenters. The lowest BCUT2D eigenvalue weighted by Crippen LogP contribution is -2.36. The summed E-state index contributed by atoms with van der Waals surface area (Å²) in [5.74, 6) is 0.158. The van der Waals surface area contributed by atoms with Crippen LogP contribution in [0.5, 0.6) is 0 Å². The summed E-state index contributed by atoms with van der Waals surface area (Å²) in [5.41, 5.74) is 5.98. The molecule has 1 saturated carbocycles. The molecule has 3 nitrogen and oxygen atoms in total. The number of hydrogen-bond acceptors (Lipinski definition) is 2. The molecule has 12 heavy (non-hydrogen) atoms. The molecule has 0 spiro atoms. The van der Waals surface area contributed by atoms with Gasteiger partial charge in [-0.1, -0.05) is 13.8 Å². The van der Waals surface area contributed by atoms with Crippen molar-refractivity contribution in [2.75, 3.05) is 6.54 Å². The van der Waals surface area contributed by atoms with Crippen LogP contribution in [0.15, 0.2) is 0 Å². The SMILES string of the molecule is CC1(C)CC1N1CCC(N)C1=O. The molecule has 0 radical (unpaired) electrons. The van der Waals surface area contributed by atoms with Crippen LogP contribution in [-0.2, 0) is 4.79 Å². The molecule has 1 aliphatic carbocycles. The Bertz CT molecular complexity index is 225. The fourth-order valence-electron chi connectivity index (χ4n) is 2.01. The number of nitrogens with two attached hydrogens (primary N) is 1. The van der Waals surface area contributed by atoms with Gasteiger partial charge in [-0.15, -0.1) is 0 Å². The predicted molar refractivity (Wildman–Crippen MR) is 46.5 cm³/mol. The van der Waals surface area contributed by atoms with Gasteiger partial charge in [0.1, 0.15) is 0 Å². The van der Waals surface area contributed by atoms with E-state index in [4.69, 9.17) is 5.73 Å². The summed E-state index contributed by atoms with van der Waals surface area (Å²) in [6, 6.07) is 0.250. The molecule has 1 amide bonds.